The summed E-state index contributed by atoms with van der Waals surface area (Å²) in [5.74, 6) is 1.86. The van der Waals surface area contributed by atoms with Crippen molar-refractivity contribution in [2.75, 3.05) is 13.7 Å². The Kier molecular flexibility index (Phi) is 6.07. The van der Waals surface area contributed by atoms with E-state index < -0.39 is 0 Å². The molecule has 0 bridgehead atoms. The first-order chi connectivity index (χ1) is 14.6. The van der Waals surface area contributed by atoms with Crippen LogP contribution >= 0.6 is 11.6 Å². The third kappa shape index (κ3) is 4.07. The molecule has 0 amide bonds. The second kappa shape index (κ2) is 8.90. The van der Waals surface area contributed by atoms with E-state index in [-0.39, 0.29) is 12.5 Å². The van der Waals surface area contributed by atoms with Crippen molar-refractivity contribution in [3.63, 3.8) is 0 Å². The lowest BCUT2D eigenvalue weighted by atomic mass is 9.98. The monoisotopic (exact) mass is 420 g/mol. The maximum absolute atomic E-state index is 9.16. The van der Waals surface area contributed by atoms with Gasteiger partial charge in [0, 0.05) is 23.6 Å². The van der Waals surface area contributed by atoms with Gasteiger partial charge in [0.15, 0.2) is 0 Å². The van der Waals surface area contributed by atoms with Crippen LogP contribution in [0.25, 0.3) is 11.0 Å². The smallest absolute Gasteiger partial charge is 0.121 e. The van der Waals surface area contributed by atoms with Crippen LogP contribution < -0.4 is 4.74 Å². The highest BCUT2D eigenvalue weighted by molar-refractivity contribution is 6.31. The van der Waals surface area contributed by atoms with Crippen LogP contribution in [0, 0.1) is 0 Å². The summed E-state index contributed by atoms with van der Waals surface area (Å²) in [6.07, 6.45) is 0.666. The Bertz CT molecular complexity index is 1150. The summed E-state index contributed by atoms with van der Waals surface area (Å²) in [4.78, 5) is 4.98. The standard InChI is InChI=1S/C25H25ClN2O2/c1-17(19-9-7-18(8-10-19)13-14-29)25-27-23-15-21(30-2)11-12-24(23)28(25)16-20-5-3-4-6-22(20)26/h3-12,15,17,29H,13-14,16H2,1-2H3. The first-order valence-corrected chi connectivity index (χ1v) is 10.5. The van der Waals surface area contributed by atoms with E-state index in [0.717, 1.165) is 38.8 Å². The normalized spacial score (nSPS) is 12.3. The summed E-state index contributed by atoms with van der Waals surface area (Å²) in [5.41, 5.74) is 5.32. The van der Waals surface area contributed by atoms with E-state index >= 15 is 0 Å². The molecule has 0 aliphatic carbocycles. The third-order valence-corrected chi connectivity index (χ3v) is 5.91. The van der Waals surface area contributed by atoms with Crippen LogP contribution in [-0.2, 0) is 13.0 Å². The van der Waals surface area contributed by atoms with Gasteiger partial charge >= 0.3 is 0 Å². The van der Waals surface area contributed by atoms with Gasteiger partial charge in [-0.3, -0.25) is 0 Å². The van der Waals surface area contributed by atoms with Crippen LogP contribution in [0.5, 0.6) is 5.75 Å². The average molecular weight is 421 g/mol. The van der Waals surface area contributed by atoms with Crippen LogP contribution in [-0.4, -0.2) is 28.4 Å². The number of methoxy groups -OCH3 is 1. The fourth-order valence-corrected chi connectivity index (χ4v) is 4.00. The van der Waals surface area contributed by atoms with E-state index in [1.54, 1.807) is 7.11 Å². The summed E-state index contributed by atoms with van der Waals surface area (Å²) in [5, 5.41) is 9.91. The maximum Gasteiger partial charge on any atom is 0.121 e. The van der Waals surface area contributed by atoms with Gasteiger partial charge in [-0.25, -0.2) is 4.98 Å². The maximum atomic E-state index is 9.16. The molecule has 1 atom stereocenters. The molecule has 154 valence electrons. The Hall–Kier alpha value is -2.82. The molecule has 0 fully saturated rings. The van der Waals surface area contributed by atoms with Crippen molar-refractivity contribution in [1.29, 1.82) is 0 Å². The molecule has 0 saturated heterocycles. The van der Waals surface area contributed by atoms with Gasteiger partial charge in [0.1, 0.15) is 11.6 Å². The molecule has 0 radical (unpaired) electrons. The molecule has 1 heterocycles. The van der Waals surface area contributed by atoms with Crippen molar-refractivity contribution in [2.24, 2.45) is 0 Å². The van der Waals surface area contributed by atoms with E-state index in [4.69, 9.17) is 26.4 Å². The Morgan fingerprint density at radius 3 is 2.53 bits per heavy atom. The highest BCUT2D eigenvalue weighted by Gasteiger charge is 2.19. The number of halogens is 1. The van der Waals surface area contributed by atoms with Crippen molar-refractivity contribution >= 4 is 22.6 Å². The molecule has 0 spiro atoms. The second-order valence-corrected chi connectivity index (χ2v) is 7.85. The van der Waals surface area contributed by atoms with Gasteiger partial charge in [-0.2, -0.15) is 0 Å². The SMILES string of the molecule is COc1ccc2c(c1)nc(C(C)c1ccc(CCO)cc1)n2Cc1ccccc1Cl. The minimum absolute atomic E-state index is 0.0917. The lowest BCUT2D eigenvalue weighted by molar-refractivity contribution is 0.299. The largest absolute Gasteiger partial charge is 0.497 e. The predicted octanol–water partition coefficient (Wildman–Crippen LogP) is 5.43. The van der Waals surface area contributed by atoms with E-state index in [1.807, 2.05) is 30.3 Å². The summed E-state index contributed by atoms with van der Waals surface area (Å²) in [6.45, 7) is 2.97. The van der Waals surface area contributed by atoms with E-state index in [2.05, 4.69) is 47.9 Å². The van der Waals surface area contributed by atoms with Crippen LogP contribution in [0.4, 0.5) is 0 Å². The minimum Gasteiger partial charge on any atom is -0.497 e. The number of aliphatic hydroxyl groups excluding tert-OH is 1. The third-order valence-electron chi connectivity index (χ3n) is 5.54. The van der Waals surface area contributed by atoms with Crippen LogP contribution in [0.15, 0.2) is 66.7 Å². The van der Waals surface area contributed by atoms with Crippen molar-refractivity contribution in [3.8, 4) is 5.75 Å². The molecule has 4 aromatic rings. The van der Waals surface area contributed by atoms with Gasteiger partial charge in [-0.1, -0.05) is 61.0 Å². The fourth-order valence-electron chi connectivity index (χ4n) is 3.80. The molecule has 4 nitrogen and oxygen atoms in total. The lowest BCUT2D eigenvalue weighted by Crippen LogP contribution is -2.10. The van der Waals surface area contributed by atoms with Gasteiger partial charge in [-0.15, -0.1) is 0 Å². The van der Waals surface area contributed by atoms with Crippen molar-refractivity contribution < 1.29 is 9.84 Å². The van der Waals surface area contributed by atoms with Crippen LogP contribution in [0.1, 0.15) is 35.4 Å². The molecule has 1 unspecified atom stereocenters. The Labute approximate surface area is 181 Å². The second-order valence-electron chi connectivity index (χ2n) is 7.44. The molecule has 1 N–H and O–H groups in total. The molecule has 0 aliphatic rings. The number of benzene rings is 3. The highest BCUT2D eigenvalue weighted by atomic mass is 35.5. The number of hydrogen-bond donors (Lipinski definition) is 1. The average Bonchev–Trinajstić information content (AvgIpc) is 3.13. The number of rotatable bonds is 7. The first kappa shape index (κ1) is 20.5. The number of aromatic nitrogens is 2. The molecular formula is C25H25ClN2O2. The molecule has 1 aromatic heterocycles. The summed E-state index contributed by atoms with van der Waals surface area (Å²) in [7, 11) is 1.67. The van der Waals surface area contributed by atoms with Crippen LogP contribution in [0.3, 0.4) is 0 Å². The predicted molar refractivity (Wildman–Crippen MR) is 122 cm³/mol. The zero-order valence-electron chi connectivity index (χ0n) is 17.2. The van der Waals surface area contributed by atoms with Crippen molar-refractivity contribution in [2.45, 2.75) is 25.8 Å². The number of hydrogen-bond acceptors (Lipinski definition) is 3. The Morgan fingerprint density at radius 1 is 1.07 bits per heavy atom. The van der Waals surface area contributed by atoms with E-state index in [0.29, 0.717) is 13.0 Å². The molecule has 3 aromatic carbocycles. The van der Waals surface area contributed by atoms with Gasteiger partial charge in [0.2, 0.25) is 0 Å². The van der Waals surface area contributed by atoms with Crippen LogP contribution in [0.2, 0.25) is 5.02 Å². The Morgan fingerprint density at radius 2 is 1.83 bits per heavy atom. The van der Waals surface area contributed by atoms with E-state index in [9.17, 15) is 0 Å². The number of fused-ring (bicyclic) bond motifs is 1. The zero-order chi connectivity index (χ0) is 21.1. The van der Waals surface area contributed by atoms with Gasteiger partial charge in [0.05, 0.1) is 24.7 Å². The molecule has 0 aliphatic heterocycles. The quantitative estimate of drug-likeness (QED) is 0.433. The first-order valence-electron chi connectivity index (χ1n) is 10.1. The lowest BCUT2D eigenvalue weighted by Gasteiger charge is -2.16. The number of ether oxygens (including phenoxy) is 1. The van der Waals surface area contributed by atoms with Crippen molar-refractivity contribution in [3.05, 3.63) is 94.3 Å². The molecule has 0 saturated carbocycles. The van der Waals surface area contributed by atoms with Gasteiger partial charge in [-0.05, 0) is 41.3 Å². The molecular weight excluding hydrogens is 396 g/mol. The number of imidazole rings is 1. The van der Waals surface area contributed by atoms with Crippen molar-refractivity contribution in [1.82, 2.24) is 9.55 Å². The topological polar surface area (TPSA) is 47.3 Å². The summed E-state index contributed by atoms with van der Waals surface area (Å²) in [6, 6.07) is 22.3. The number of aliphatic hydroxyl groups is 1. The molecule has 4 rings (SSSR count). The Balaban J connectivity index is 1.79. The van der Waals surface area contributed by atoms with Gasteiger partial charge in [0.25, 0.3) is 0 Å². The minimum atomic E-state index is 0.0917. The van der Waals surface area contributed by atoms with E-state index in [1.165, 1.54) is 5.56 Å². The zero-order valence-corrected chi connectivity index (χ0v) is 17.9. The highest BCUT2D eigenvalue weighted by Crippen LogP contribution is 2.31. The fraction of sp³-hybridized carbons (Fsp3) is 0.240. The number of nitrogens with zero attached hydrogens (tertiary/aromatic N) is 2. The summed E-state index contributed by atoms with van der Waals surface area (Å²) < 4.78 is 7.64. The summed E-state index contributed by atoms with van der Waals surface area (Å²) >= 11 is 6.46. The molecule has 30 heavy (non-hydrogen) atoms. The van der Waals surface area contributed by atoms with Gasteiger partial charge < -0.3 is 14.4 Å². The molecule has 5 heteroatoms.